The summed E-state index contributed by atoms with van der Waals surface area (Å²) in [4.78, 5) is 0. The van der Waals surface area contributed by atoms with E-state index in [4.69, 9.17) is 0 Å². The van der Waals surface area contributed by atoms with Crippen molar-refractivity contribution in [3.8, 4) is 0 Å². The zero-order valence-corrected chi connectivity index (χ0v) is 13.4. The molecule has 0 fully saturated rings. The molecule has 0 aliphatic rings. The Kier molecular flexibility index (Phi) is 11.0. The molecule has 0 aromatic heterocycles. The maximum Gasteiger partial charge on any atom is -0.0285 e. The molecule has 106 valence electrons. The van der Waals surface area contributed by atoms with Gasteiger partial charge >= 0.3 is 0 Å². The van der Waals surface area contributed by atoms with Crippen molar-refractivity contribution in [1.29, 1.82) is 0 Å². The molecule has 0 heterocycles. The number of hydrogen-bond donors (Lipinski definition) is 0. The lowest BCUT2D eigenvalue weighted by Gasteiger charge is -2.00. The molecule has 0 atom stereocenters. The quantitative estimate of drug-likeness (QED) is 0.342. The van der Waals surface area contributed by atoms with Gasteiger partial charge in [-0.25, -0.2) is 0 Å². The molecular formula is C19H30. The van der Waals surface area contributed by atoms with Crippen molar-refractivity contribution >= 4 is 0 Å². The Morgan fingerprint density at radius 2 is 1.37 bits per heavy atom. The van der Waals surface area contributed by atoms with E-state index in [9.17, 15) is 0 Å². The van der Waals surface area contributed by atoms with Gasteiger partial charge in [0.05, 0.1) is 0 Å². The Bertz CT molecular complexity index is 369. The maximum absolute atomic E-state index is 2.38. The van der Waals surface area contributed by atoms with Crippen LogP contribution in [-0.2, 0) is 0 Å². The Morgan fingerprint density at radius 1 is 0.737 bits per heavy atom. The van der Waals surface area contributed by atoms with Crippen molar-refractivity contribution in [3.05, 3.63) is 59.3 Å². The van der Waals surface area contributed by atoms with Gasteiger partial charge in [0, 0.05) is 0 Å². The number of hydrogen-bond acceptors (Lipinski definition) is 0. The predicted octanol–water partition coefficient (Wildman–Crippen LogP) is 6.54. The van der Waals surface area contributed by atoms with Crippen molar-refractivity contribution in [2.24, 2.45) is 0 Å². The van der Waals surface area contributed by atoms with Crippen LogP contribution in [-0.4, -0.2) is 0 Å². The molecule has 0 unspecified atom stereocenters. The molecule has 0 saturated carbocycles. The van der Waals surface area contributed by atoms with E-state index in [0.717, 1.165) is 12.8 Å². The molecule has 0 amide bonds. The van der Waals surface area contributed by atoms with Crippen LogP contribution in [0.25, 0.3) is 0 Å². The van der Waals surface area contributed by atoms with Gasteiger partial charge in [0.15, 0.2) is 0 Å². The van der Waals surface area contributed by atoms with Gasteiger partial charge in [0.25, 0.3) is 0 Å². The minimum Gasteiger partial charge on any atom is -0.0877 e. The van der Waals surface area contributed by atoms with Gasteiger partial charge in [-0.15, -0.1) is 0 Å². The van der Waals surface area contributed by atoms with E-state index in [2.05, 4.69) is 64.2 Å². The van der Waals surface area contributed by atoms with Crippen molar-refractivity contribution < 1.29 is 0 Å². The van der Waals surface area contributed by atoms with Gasteiger partial charge in [0.2, 0.25) is 0 Å². The molecule has 0 aromatic carbocycles. The topological polar surface area (TPSA) is 0 Å². The molecule has 0 radical (unpaired) electrons. The molecule has 0 spiro atoms. The molecular weight excluding hydrogens is 228 g/mol. The first-order valence-electron chi connectivity index (χ1n) is 7.30. The molecule has 19 heavy (non-hydrogen) atoms. The average Bonchev–Trinajstić information content (AvgIpc) is 2.34. The van der Waals surface area contributed by atoms with Crippen LogP contribution in [0, 0.1) is 0 Å². The summed E-state index contributed by atoms with van der Waals surface area (Å²) in [5, 5.41) is 0. The third-order valence-electron chi connectivity index (χ3n) is 2.92. The fourth-order valence-corrected chi connectivity index (χ4v) is 1.72. The Morgan fingerprint density at radius 3 is 2.00 bits per heavy atom. The van der Waals surface area contributed by atoms with Crippen LogP contribution in [0.1, 0.15) is 60.3 Å². The monoisotopic (exact) mass is 258 g/mol. The first-order valence-corrected chi connectivity index (χ1v) is 7.30. The third kappa shape index (κ3) is 12.9. The van der Waals surface area contributed by atoms with Gasteiger partial charge in [-0.3, -0.25) is 0 Å². The van der Waals surface area contributed by atoms with Crippen LogP contribution in [0.5, 0.6) is 0 Å². The highest BCUT2D eigenvalue weighted by molar-refractivity contribution is 5.15. The summed E-state index contributed by atoms with van der Waals surface area (Å²) in [7, 11) is 0. The highest BCUT2D eigenvalue weighted by Crippen LogP contribution is 2.11. The SMILES string of the molecule is CC=CC=CC=C(C)CCC=C(C)CCC=C(C)C. The second-order valence-electron chi connectivity index (χ2n) is 5.33. The molecule has 0 bridgehead atoms. The Hall–Kier alpha value is -1.30. The standard InChI is InChI=1S/C19H30/c1-6-7-8-9-13-18(4)15-11-16-19(5)14-10-12-17(2)3/h6-9,12-13,16H,10-11,14-15H2,1-5H3. The summed E-state index contributed by atoms with van der Waals surface area (Å²) in [6.45, 7) is 10.8. The largest absolute Gasteiger partial charge is 0.0877 e. The normalized spacial score (nSPS) is 13.5. The summed E-state index contributed by atoms with van der Waals surface area (Å²) in [5.74, 6) is 0. The van der Waals surface area contributed by atoms with Crippen LogP contribution in [0.2, 0.25) is 0 Å². The second kappa shape index (κ2) is 11.8. The molecule has 0 nitrogen and oxygen atoms in total. The molecule has 0 aliphatic heterocycles. The predicted molar refractivity (Wildman–Crippen MR) is 89.4 cm³/mol. The van der Waals surface area contributed by atoms with Crippen LogP contribution >= 0.6 is 0 Å². The lowest BCUT2D eigenvalue weighted by atomic mass is 10.1. The molecule has 0 saturated heterocycles. The number of rotatable bonds is 8. The van der Waals surface area contributed by atoms with Crippen LogP contribution < -0.4 is 0 Å². The summed E-state index contributed by atoms with van der Waals surface area (Å²) in [5.41, 5.74) is 4.36. The smallest absolute Gasteiger partial charge is 0.0285 e. The van der Waals surface area contributed by atoms with E-state index in [0.29, 0.717) is 0 Å². The van der Waals surface area contributed by atoms with Crippen molar-refractivity contribution in [1.82, 2.24) is 0 Å². The fraction of sp³-hybridized carbons (Fsp3) is 0.474. The van der Waals surface area contributed by atoms with Gasteiger partial charge in [-0.2, -0.15) is 0 Å². The van der Waals surface area contributed by atoms with Gasteiger partial charge in [-0.1, -0.05) is 59.3 Å². The van der Waals surface area contributed by atoms with E-state index in [-0.39, 0.29) is 0 Å². The minimum atomic E-state index is 1.15. The second-order valence-corrected chi connectivity index (χ2v) is 5.33. The lowest BCUT2D eigenvalue weighted by Crippen LogP contribution is -1.80. The highest BCUT2D eigenvalue weighted by Gasteiger charge is 1.91. The van der Waals surface area contributed by atoms with Gasteiger partial charge in [0.1, 0.15) is 0 Å². The lowest BCUT2D eigenvalue weighted by molar-refractivity contribution is 0.918. The molecule has 0 heteroatoms. The van der Waals surface area contributed by atoms with Crippen LogP contribution in [0.4, 0.5) is 0 Å². The van der Waals surface area contributed by atoms with Crippen LogP contribution in [0.15, 0.2) is 59.3 Å². The molecule has 0 N–H and O–H groups in total. The average molecular weight is 258 g/mol. The molecule has 0 aromatic rings. The first-order chi connectivity index (χ1) is 9.06. The van der Waals surface area contributed by atoms with Crippen molar-refractivity contribution in [2.75, 3.05) is 0 Å². The Balaban J connectivity index is 3.96. The van der Waals surface area contributed by atoms with Gasteiger partial charge < -0.3 is 0 Å². The maximum atomic E-state index is 2.38. The van der Waals surface area contributed by atoms with Crippen molar-refractivity contribution in [3.63, 3.8) is 0 Å². The Labute approximate surface area is 120 Å². The number of allylic oxidation sites excluding steroid dienone is 10. The fourth-order valence-electron chi connectivity index (χ4n) is 1.72. The summed E-state index contributed by atoms with van der Waals surface area (Å²) in [6, 6.07) is 0. The molecule has 0 rings (SSSR count). The van der Waals surface area contributed by atoms with E-state index in [1.807, 2.05) is 13.0 Å². The zero-order chi connectivity index (χ0) is 14.5. The summed E-state index contributed by atoms with van der Waals surface area (Å²) >= 11 is 0. The third-order valence-corrected chi connectivity index (χ3v) is 2.92. The highest BCUT2D eigenvalue weighted by atomic mass is 14.0. The van der Waals surface area contributed by atoms with E-state index in [1.165, 1.54) is 29.6 Å². The van der Waals surface area contributed by atoms with Crippen molar-refractivity contribution in [2.45, 2.75) is 60.3 Å². The van der Waals surface area contributed by atoms with E-state index >= 15 is 0 Å². The summed E-state index contributed by atoms with van der Waals surface area (Å²) in [6.07, 6.45) is 19.8. The molecule has 0 aliphatic carbocycles. The van der Waals surface area contributed by atoms with E-state index in [1.54, 1.807) is 0 Å². The minimum absolute atomic E-state index is 1.15. The first kappa shape index (κ1) is 17.7. The van der Waals surface area contributed by atoms with E-state index < -0.39 is 0 Å². The zero-order valence-electron chi connectivity index (χ0n) is 13.4. The van der Waals surface area contributed by atoms with Crippen LogP contribution in [0.3, 0.4) is 0 Å². The summed E-state index contributed by atoms with van der Waals surface area (Å²) < 4.78 is 0. The van der Waals surface area contributed by atoms with Gasteiger partial charge in [-0.05, 0) is 60.3 Å².